The molecule has 2 amide bonds. The molecule has 2 aromatic rings. The average molecular weight is 344 g/mol. The number of urea groups is 1. The molecule has 0 aliphatic carbocycles. The van der Waals surface area contributed by atoms with E-state index in [-0.39, 0.29) is 24.4 Å². The minimum Gasteiger partial charge on any atom is -0.396 e. The largest absolute Gasteiger partial charge is 0.396 e. The molecule has 1 aliphatic rings. The Hall–Kier alpha value is -2.44. The van der Waals surface area contributed by atoms with Gasteiger partial charge in [-0.1, -0.05) is 24.3 Å². The Kier molecular flexibility index (Phi) is 5.63. The highest BCUT2D eigenvalue weighted by Gasteiger charge is 2.22. The standard InChI is InChI=1S/C19H21FN2O3/c20-17-3-1-2-16(10-17)15-4-6-18(7-5-15)21-19(24)22-8-9-25-13-14(11-22)12-23/h1-7,10,14,23H,8-9,11-13H2,(H,21,24)/t14-/m1/s1. The minimum absolute atomic E-state index is 0.00783. The van der Waals surface area contributed by atoms with Crippen molar-refractivity contribution in [2.45, 2.75) is 0 Å². The van der Waals surface area contributed by atoms with Crippen LogP contribution in [0.5, 0.6) is 0 Å². The van der Waals surface area contributed by atoms with E-state index in [4.69, 9.17) is 4.74 Å². The smallest absolute Gasteiger partial charge is 0.321 e. The van der Waals surface area contributed by atoms with Crippen molar-refractivity contribution in [2.24, 2.45) is 5.92 Å². The third-order valence-corrected chi connectivity index (χ3v) is 4.18. The zero-order chi connectivity index (χ0) is 17.6. The van der Waals surface area contributed by atoms with E-state index >= 15 is 0 Å². The topological polar surface area (TPSA) is 61.8 Å². The lowest BCUT2D eigenvalue weighted by molar-refractivity contribution is 0.0958. The lowest BCUT2D eigenvalue weighted by atomic mass is 10.1. The Morgan fingerprint density at radius 1 is 1.24 bits per heavy atom. The third-order valence-electron chi connectivity index (χ3n) is 4.18. The van der Waals surface area contributed by atoms with Crippen LogP contribution in [0.15, 0.2) is 48.5 Å². The van der Waals surface area contributed by atoms with Crippen LogP contribution in [0.25, 0.3) is 11.1 Å². The van der Waals surface area contributed by atoms with Gasteiger partial charge >= 0.3 is 6.03 Å². The maximum atomic E-state index is 13.3. The Morgan fingerprint density at radius 2 is 2.04 bits per heavy atom. The van der Waals surface area contributed by atoms with Crippen molar-refractivity contribution >= 4 is 11.7 Å². The van der Waals surface area contributed by atoms with Gasteiger partial charge in [-0.15, -0.1) is 0 Å². The lowest BCUT2D eigenvalue weighted by Crippen LogP contribution is -2.39. The predicted molar refractivity (Wildman–Crippen MR) is 93.8 cm³/mol. The Balaban J connectivity index is 1.65. The molecule has 0 aromatic heterocycles. The molecular weight excluding hydrogens is 323 g/mol. The van der Waals surface area contributed by atoms with Gasteiger partial charge in [0.2, 0.25) is 0 Å². The van der Waals surface area contributed by atoms with Crippen LogP contribution in [0.3, 0.4) is 0 Å². The van der Waals surface area contributed by atoms with E-state index in [0.29, 0.717) is 32.0 Å². The summed E-state index contributed by atoms with van der Waals surface area (Å²) in [5.74, 6) is -0.347. The number of rotatable bonds is 3. The number of anilines is 1. The number of halogens is 1. The molecule has 1 atom stereocenters. The molecule has 5 nitrogen and oxygen atoms in total. The summed E-state index contributed by atoms with van der Waals surface area (Å²) in [5.41, 5.74) is 2.32. The average Bonchev–Trinajstić information content (AvgIpc) is 2.88. The molecule has 1 aliphatic heterocycles. The van der Waals surface area contributed by atoms with Gasteiger partial charge in [-0.3, -0.25) is 0 Å². The molecule has 0 radical (unpaired) electrons. The van der Waals surface area contributed by atoms with Crippen molar-refractivity contribution < 1.29 is 19.0 Å². The van der Waals surface area contributed by atoms with Crippen molar-refractivity contribution in [3.63, 3.8) is 0 Å². The SMILES string of the molecule is O=C(Nc1ccc(-c2cccc(F)c2)cc1)N1CCOC[C@@H](CO)C1. The third kappa shape index (κ3) is 4.55. The number of benzene rings is 2. The summed E-state index contributed by atoms with van der Waals surface area (Å²) in [6.07, 6.45) is 0. The zero-order valence-electron chi connectivity index (χ0n) is 13.8. The molecule has 0 saturated carbocycles. The van der Waals surface area contributed by atoms with Crippen LogP contribution in [0.2, 0.25) is 0 Å². The van der Waals surface area contributed by atoms with Crippen molar-refractivity contribution in [2.75, 3.05) is 38.2 Å². The lowest BCUT2D eigenvalue weighted by Gasteiger charge is -2.23. The van der Waals surface area contributed by atoms with Gasteiger partial charge in [-0.25, -0.2) is 9.18 Å². The number of hydrogen-bond acceptors (Lipinski definition) is 3. The highest BCUT2D eigenvalue weighted by atomic mass is 19.1. The number of hydrogen-bond donors (Lipinski definition) is 2. The quantitative estimate of drug-likeness (QED) is 0.900. The van der Waals surface area contributed by atoms with E-state index in [9.17, 15) is 14.3 Å². The van der Waals surface area contributed by atoms with Crippen LogP contribution in [-0.4, -0.2) is 48.9 Å². The van der Waals surface area contributed by atoms with E-state index in [1.165, 1.54) is 12.1 Å². The fraction of sp³-hybridized carbons (Fsp3) is 0.316. The Morgan fingerprint density at radius 3 is 2.76 bits per heavy atom. The Labute approximate surface area is 146 Å². The molecule has 1 saturated heterocycles. The number of nitrogens with one attached hydrogen (secondary N) is 1. The Bertz CT molecular complexity index is 721. The van der Waals surface area contributed by atoms with Crippen LogP contribution >= 0.6 is 0 Å². The molecule has 2 aromatic carbocycles. The summed E-state index contributed by atoms with van der Waals surface area (Å²) in [6, 6.07) is 13.4. The van der Waals surface area contributed by atoms with E-state index in [1.807, 2.05) is 18.2 Å². The van der Waals surface area contributed by atoms with Gasteiger partial charge in [-0.05, 0) is 35.4 Å². The van der Waals surface area contributed by atoms with Gasteiger partial charge in [0.25, 0.3) is 0 Å². The summed E-state index contributed by atoms with van der Waals surface area (Å²) in [5, 5.41) is 12.1. The maximum absolute atomic E-state index is 13.3. The molecule has 0 spiro atoms. The monoisotopic (exact) mass is 344 g/mol. The molecule has 0 bridgehead atoms. The number of aliphatic hydroxyl groups excluding tert-OH is 1. The first kappa shape index (κ1) is 17.4. The normalized spacial score (nSPS) is 17.8. The van der Waals surface area contributed by atoms with Gasteiger partial charge in [-0.2, -0.15) is 0 Å². The molecule has 1 fully saturated rings. The minimum atomic E-state index is -0.281. The van der Waals surface area contributed by atoms with Crippen molar-refractivity contribution in [1.82, 2.24) is 4.90 Å². The number of nitrogens with zero attached hydrogens (tertiary/aromatic N) is 1. The summed E-state index contributed by atoms with van der Waals surface area (Å²) in [7, 11) is 0. The molecular formula is C19H21FN2O3. The van der Waals surface area contributed by atoms with Crippen LogP contribution in [0.1, 0.15) is 0 Å². The van der Waals surface area contributed by atoms with E-state index in [1.54, 1.807) is 23.1 Å². The fourth-order valence-corrected chi connectivity index (χ4v) is 2.79. The molecule has 0 unspecified atom stereocenters. The van der Waals surface area contributed by atoms with Crippen molar-refractivity contribution in [1.29, 1.82) is 0 Å². The van der Waals surface area contributed by atoms with Crippen molar-refractivity contribution in [3.8, 4) is 11.1 Å². The predicted octanol–water partition coefficient (Wildman–Crippen LogP) is 2.97. The molecule has 1 heterocycles. The zero-order valence-corrected chi connectivity index (χ0v) is 13.8. The highest BCUT2D eigenvalue weighted by molar-refractivity contribution is 5.89. The summed E-state index contributed by atoms with van der Waals surface area (Å²) >= 11 is 0. The maximum Gasteiger partial charge on any atom is 0.321 e. The first-order valence-corrected chi connectivity index (χ1v) is 8.26. The van der Waals surface area contributed by atoms with Gasteiger partial charge in [0, 0.05) is 31.3 Å². The molecule has 3 rings (SSSR count). The summed E-state index contributed by atoms with van der Waals surface area (Å²) < 4.78 is 18.7. The summed E-state index contributed by atoms with van der Waals surface area (Å²) in [6.45, 7) is 1.87. The van der Waals surface area contributed by atoms with Gasteiger partial charge in [0.05, 0.1) is 13.2 Å². The fourth-order valence-electron chi connectivity index (χ4n) is 2.79. The second-order valence-corrected chi connectivity index (χ2v) is 6.09. The number of amides is 2. The van der Waals surface area contributed by atoms with Crippen LogP contribution in [0, 0.1) is 11.7 Å². The first-order chi connectivity index (χ1) is 12.2. The van der Waals surface area contributed by atoms with Crippen LogP contribution < -0.4 is 5.32 Å². The number of carbonyl (C=O) groups is 1. The highest BCUT2D eigenvalue weighted by Crippen LogP contribution is 2.22. The molecule has 6 heteroatoms. The van der Waals surface area contributed by atoms with E-state index in [0.717, 1.165) is 11.1 Å². The molecule has 132 valence electrons. The van der Waals surface area contributed by atoms with Crippen LogP contribution in [0.4, 0.5) is 14.9 Å². The number of aliphatic hydroxyl groups is 1. The van der Waals surface area contributed by atoms with Gasteiger partial charge < -0.3 is 20.1 Å². The number of carbonyl (C=O) groups excluding carboxylic acids is 1. The second-order valence-electron chi connectivity index (χ2n) is 6.09. The molecule has 25 heavy (non-hydrogen) atoms. The van der Waals surface area contributed by atoms with Gasteiger partial charge in [0.15, 0.2) is 0 Å². The second kappa shape index (κ2) is 8.09. The summed E-state index contributed by atoms with van der Waals surface area (Å²) in [4.78, 5) is 14.1. The van der Waals surface area contributed by atoms with E-state index < -0.39 is 0 Å². The van der Waals surface area contributed by atoms with E-state index in [2.05, 4.69) is 5.32 Å². The number of ether oxygens (including phenoxy) is 1. The first-order valence-electron chi connectivity index (χ1n) is 8.26. The van der Waals surface area contributed by atoms with Crippen molar-refractivity contribution in [3.05, 3.63) is 54.3 Å². The van der Waals surface area contributed by atoms with Crippen LogP contribution in [-0.2, 0) is 4.74 Å². The molecule has 2 N–H and O–H groups in total. The van der Waals surface area contributed by atoms with Gasteiger partial charge in [0.1, 0.15) is 5.82 Å².